The average Bonchev–Trinajstić information content (AvgIpc) is 3.13. The molecule has 0 aliphatic carbocycles. The Morgan fingerprint density at radius 2 is 2.27 bits per heavy atom. The van der Waals surface area contributed by atoms with Crippen LogP contribution in [-0.4, -0.2) is 23.3 Å². The summed E-state index contributed by atoms with van der Waals surface area (Å²) in [5, 5.41) is 5.26. The van der Waals surface area contributed by atoms with E-state index in [0.29, 0.717) is 24.5 Å². The van der Waals surface area contributed by atoms with Crippen LogP contribution in [-0.2, 0) is 17.8 Å². The standard InChI is InChI=1S/C15H16N4O2S/c1-9(20)19-5-4-10-6-11(2-3-13(10)19)17-15(21)12-8-22-14(7-16)18-12/h2-3,6,8H,4-5,7,16H2,1H3,(H,17,21). The minimum absolute atomic E-state index is 0.0346. The average molecular weight is 316 g/mol. The molecule has 6 nitrogen and oxygen atoms in total. The summed E-state index contributed by atoms with van der Waals surface area (Å²) in [6, 6.07) is 5.58. The molecule has 1 aliphatic heterocycles. The van der Waals surface area contributed by atoms with Gasteiger partial charge in [0.1, 0.15) is 10.7 Å². The Labute approximate surface area is 132 Å². The van der Waals surface area contributed by atoms with E-state index in [9.17, 15) is 9.59 Å². The third kappa shape index (κ3) is 2.72. The van der Waals surface area contributed by atoms with Gasteiger partial charge in [0.25, 0.3) is 5.91 Å². The highest BCUT2D eigenvalue weighted by atomic mass is 32.1. The summed E-state index contributed by atoms with van der Waals surface area (Å²) >= 11 is 1.37. The van der Waals surface area contributed by atoms with Crippen molar-refractivity contribution in [2.45, 2.75) is 19.9 Å². The number of carbonyl (C=O) groups is 2. The lowest BCUT2D eigenvalue weighted by Crippen LogP contribution is -2.25. The highest BCUT2D eigenvalue weighted by Gasteiger charge is 2.22. The summed E-state index contributed by atoms with van der Waals surface area (Å²) in [7, 11) is 0. The summed E-state index contributed by atoms with van der Waals surface area (Å²) in [6.07, 6.45) is 0.798. The molecule has 0 fully saturated rings. The molecule has 1 aromatic carbocycles. The number of hydrogen-bond donors (Lipinski definition) is 2. The predicted octanol–water partition coefficient (Wildman–Crippen LogP) is 1.76. The monoisotopic (exact) mass is 316 g/mol. The van der Waals surface area contributed by atoms with Crippen LogP contribution in [0.25, 0.3) is 0 Å². The zero-order chi connectivity index (χ0) is 15.7. The maximum absolute atomic E-state index is 12.1. The van der Waals surface area contributed by atoms with E-state index in [2.05, 4.69) is 10.3 Å². The van der Waals surface area contributed by atoms with Crippen LogP contribution in [0.4, 0.5) is 11.4 Å². The van der Waals surface area contributed by atoms with Crippen LogP contribution in [0.15, 0.2) is 23.6 Å². The van der Waals surface area contributed by atoms with Gasteiger partial charge in [0.05, 0.1) is 0 Å². The first-order valence-electron chi connectivity index (χ1n) is 6.95. The molecule has 3 N–H and O–H groups in total. The molecule has 3 rings (SSSR count). The lowest BCUT2D eigenvalue weighted by atomic mass is 10.1. The molecule has 7 heteroatoms. The van der Waals surface area contributed by atoms with Crippen molar-refractivity contribution < 1.29 is 9.59 Å². The van der Waals surface area contributed by atoms with E-state index in [1.54, 1.807) is 23.3 Å². The summed E-state index contributed by atoms with van der Waals surface area (Å²) in [5.41, 5.74) is 8.56. The first-order chi connectivity index (χ1) is 10.6. The van der Waals surface area contributed by atoms with Gasteiger partial charge in [-0.05, 0) is 30.2 Å². The topological polar surface area (TPSA) is 88.3 Å². The third-order valence-corrected chi connectivity index (χ3v) is 4.44. The molecule has 22 heavy (non-hydrogen) atoms. The Morgan fingerprint density at radius 1 is 1.45 bits per heavy atom. The number of anilines is 2. The van der Waals surface area contributed by atoms with Gasteiger partial charge in [-0.2, -0.15) is 0 Å². The van der Waals surface area contributed by atoms with E-state index in [1.807, 2.05) is 12.1 Å². The lowest BCUT2D eigenvalue weighted by Gasteiger charge is -2.14. The number of nitrogens with zero attached hydrogens (tertiary/aromatic N) is 2. The highest BCUT2D eigenvalue weighted by molar-refractivity contribution is 7.09. The van der Waals surface area contributed by atoms with E-state index in [-0.39, 0.29) is 11.8 Å². The summed E-state index contributed by atoms with van der Waals surface area (Å²) in [5.74, 6) is -0.218. The Morgan fingerprint density at radius 3 is 2.95 bits per heavy atom. The van der Waals surface area contributed by atoms with Crippen LogP contribution in [0.1, 0.15) is 28.0 Å². The molecule has 2 heterocycles. The number of rotatable bonds is 3. The minimum Gasteiger partial charge on any atom is -0.325 e. The molecule has 0 bridgehead atoms. The van der Waals surface area contributed by atoms with Gasteiger partial charge in [-0.3, -0.25) is 9.59 Å². The number of carbonyl (C=O) groups excluding carboxylic acids is 2. The van der Waals surface area contributed by atoms with Gasteiger partial charge in [-0.15, -0.1) is 11.3 Å². The number of benzene rings is 1. The maximum Gasteiger partial charge on any atom is 0.275 e. The predicted molar refractivity (Wildman–Crippen MR) is 86.1 cm³/mol. The molecular weight excluding hydrogens is 300 g/mol. The van der Waals surface area contributed by atoms with Crippen LogP contribution in [0, 0.1) is 0 Å². The highest BCUT2D eigenvalue weighted by Crippen LogP contribution is 2.30. The van der Waals surface area contributed by atoms with Gasteiger partial charge in [0.15, 0.2) is 0 Å². The molecule has 0 atom stereocenters. The second-order valence-electron chi connectivity index (χ2n) is 5.05. The van der Waals surface area contributed by atoms with Crippen molar-refractivity contribution in [1.29, 1.82) is 0 Å². The fraction of sp³-hybridized carbons (Fsp3) is 0.267. The van der Waals surface area contributed by atoms with Gasteiger partial charge < -0.3 is 16.0 Å². The van der Waals surface area contributed by atoms with Crippen LogP contribution < -0.4 is 16.0 Å². The summed E-state index contributed by atoms with van der Waals surface area (Å²) < 4.78 is 0. The summed E-state index contributed by atoms with van der Waals surface area (Å²) in [6.45, 7) is 2.58. The van der Waals surface area contributed by atoms with Gasteiger partial charge in [-0.1, -0.05) is 0 Å². The Bertz CT molecular complexity index is 741. The van der Waals surface area contributed by atoms with E-state index in [4.69, 9.17) is 5.73 Å². The third-order valence-electron chi connectivity index (χ3n) is 3.57. The van der Waals surface area contributed by atoms with E-state index in [0.717, 1.165) is 22.7 Å². The molecule has 114 valence electrons. The quantitative estimate of drug-likeness (QED) is 0.903. The second-order valence-corrected chi connectivity index (χ2v) is 5.99. The van der Waals surface area contributed by atoms with Crippen molar-refractivity contribution in [2.75, 3.05) is 16.8 Å². The van der Waals surface area contributed by atoms with Crippen LogP contribution in [0.2, 0.25) is 0 Å². The smallest absolute Gasteiger partial charge is 0.275 e. The van der Waals surface area contributed by atoms with Crippen molar-refractivity contribution in [3.63, 3.8) is 0 Å². The molecule has 2 amide bonds. The number of aromatic nitrogens is 1. The largest absolute Gasteiger partial charge is 0.325 e. The van der Waals surface area contributed by atoms with E-state index < -0.39 is 0 Å². The van der Waals surface area contributed by atoms with Crippen LogP contribution in [0.3, 0.4) is 0 Å². The van der Waals surface area contributed by atoms with E-state index in [1.165, 1.54) is 11.3 Å². The van der Waals surface area contributed by atoms with E-state index >= 15 is 0 Å². The molecule has 1 aliphatic rings. The number of nitrogens with two attached hydrogens (primary N) is 1. The van der Waals surface area contributed by atoms with Crippen molar-refractivity contribution in [1.82, 2.24) is 4.98 Å². The fourth-order valence-electron chi connectivity index (χ4n) is 2.51. The summed E-state index contributed by atoms with van der Waals surface area (Å²) in [4.78, 5) is 29.6. The Kier molecular flexibility index (Phi) is 3.91. The zero-order valence-corrected chi connectivity index (χ0v) is 12.9. The molecular formula is C15H16N4O2S. The number of amides is 2. The van der Waals surface area contributed by atoms with Crippen LogP contribution >= 0.6 is 11.3 Å². The van der Waals surface area contributed by atoms with Gasteiger partial charge in [0, 0.05) is 36.8 Å². The first kappa shape index (κ1) is 14.7. The Hall–Kier alpha value is -2.25. The van der Waals surface area contributed by atoms with Crippen LogP contribution in [0.5, 0.6) is 0 Å². The van der Waals surface area contributed by atoms with Crippen molar-refractivity contribution in [3.8, 4) is 0 Å². The second kappa shape index (κ2) is 5.86. The van der Waals surface area contributed by atoms with Crippen molar-refractivity contribution in [2.24, 2.45) is 5.73 Å². The number of thiazole rings is 1. The lowest BCUT2D eigenvalue weighted by molar-refractivity contribution is -0.116. The SMILES string of the molecule is CC(=O)N1CCc2cc(NC(=O)c3csc(CN)n3)ccc21. The van der Waals surface area contributed by atoms with Gasteiger partial charge in [0.2, 0.25) is 5.91 Å². The van der Waals surface area contributed by atoms with Gasteiger partial charge in [-0.25, -0.2) is 4.98 Å². The number of fused-ring (bicyclic) bond motifs is 1. The molecule has 0 radical (unpaired) electrons. The minimum atomic E-state index is -0.252. The molecule has 0 unspecified atom stereocenters. The first-order valence-corrected chi connectivity index (χ1v) is 7.83. The van der Waals surface area contributed by atoms with Gasteiger partial charge >= 0.3 is 0 Å². The molecule has 0 saturated heterocycles. The fourth-order valence-corrected chi connectivity index (χ4v) is 3.17. The normalized spacial score (nSPS) is 13.1. The molecule has 0 spiro atoms. The number of hydrogen-bond acceptors (Lipinski definition) is 5. The number of nitrogens with one attached hydrogen (secondary N) is 1. The van der Waals surface area contributed by atoms with Crippen molar-refractivity contribution in [3.05, 3.63) is 39.8 Å². The molecule has 2 aromatic rings. The zero-order valence-electron chi connectivity index (χ0n) is 12.1. The molecule has 1 aromatic heterocycles. The maximum atomic E-state index is 12.1. The molecule has 0 saturated carbocycles. The Balaban J connectivity index is 1.77. The van der Waals surface area contributed by atoms with Crippen molar-refractivity contribution >= 4 is 34.5 Å².